The third-order valence-corrected chi connectivity index (χ3v) is 5.23. The normalized spacial score (nSPS) is 19.7. The highest BCUT2D eigenvalue weighted by molar-refractivity contribution is 9.10. The molecule has 114 valence electrons. The Hall–Kier alpha value is -0.500. The number of aryl methyl sites for hydroxylation is 1. The van der Waals surface area contributed by atoms with Crippen LogP contribution in [-0.2, 0) is 7.05 Å². The molecule has 0 spiro atoms. The maximum absolute atomic E-state index is 5.95. The number of aromatic nitrogens is 3. The van der Waals surface area contributed by atoms with Crippen molar-refractivity contribution in [3.05, 3.63) is 10.3 Å². The standard InChI is InChI=1S/C13H25BrN6/c1-4-20(5-2)13(8-6-7-9-13)11(16-15)10-12(14)17-18-19(10)3/h11,16H,4-9,15H2,1-3H3. The number of halogens is 1. The Morgan fingerprint density at radius 3 is 2.40 bits per heavy atom. The van der Waals surface area contributed by atoms with E-state index < -0.39 is 0 Å². The summed E-state index contributed by atoms with van der Waals surface area (Å²) in [4.78, 5) is 2.53. The first-order chi connectivity index (χ1) is 9.60. The summed E-state index contributed by atoms with van der Waals surface area (Å²) >= 11 is 3.51. The van der Waals surface area contributed by atoms with Gasteiger partial charge in [0.25, 0.3) is 0 Å². The van der Waals surface area contributed by atoms with E-state index in [0.717, 1.165) is 36.2 Å². The molecule has 1 aromatic rings. The van der Waals surface area contributed by atoms with Gasteiger partial charge in [0.2, 0.25) is 0 Å². The molecule has 1 saturated carbocycles. The van der Waals surface area contributed by atoms with Crippen LogP contribution in [0.2, 0.25) is 0 Å². The van der Waals surface area contributed by atoms with Crippen LogP contribution in [0.15, 0.2) is 4.60 Å². The van der Waals surface area contributed by atoms with Gasteiger partial charge in [-0.2, -0.15) is 0 Å². The Morgan fingerprint density at radius 2 is 2.00 bits per heavy atom. The van der Waals surface area contributed by atoms with E-state index in [2.05, 4.69) is 50.4 Å². The van der Waals surface area contributed by atoms with Crippen LogP contribution in [-0.4, -0.2) is 38.5 Å². The minimum Gasteiger partial charge on any atom is -0.296 e. The molecule has 1 aliphatic rings. The largest absolute Gasteiger partial charge is 0.296 e. The summed E-state index contributed by atoms with van der Waals surface area (Å²) in [7, 11) is 1.92. The minimum absolute atomic E-state index is 0.0271. The highest BCUT2D eigenvalue weighted by Crippen LogP contribution is 2.45. The number of hydrogen-bond acceptors (Lipinski definition) is 5. The second-order valence-electron chi connectivity index (χ2n) is 5.47. The van der Waals surface area contributed by atoms with Gasteiger partial charge in [0.1, 0.15) is 0 Å². The molecule has 3 N–H and O–H groups in total. The van der Waals surface area contributed by atoms with Crippen LogP contribution in [0.25, 0.3) is 0 Å². The Bertz CT molecular complexity index is 417. The number of rotatable bonds is 6. The van der Waals surface area contributed by atoms with Crippen LogP contribution in [0.1, 0.15) is 51.3 Å². The zero-order chi connectivity index (χ0) is 14.8. The molecular formula is C13H25BrN6. The van der Waals surface area contributed by atoms with Gasteiger partial charge in [-0.05, 0) is 41.9 Å². The van der Waals surface area contributed by atoms with E-state index in [1.165, 1.54) is 12.8 Å². The van der Waals surface area contributed by atoms with Crippen molar-refractivity contribution in [2.24, 2.45) is 12.9 Å². The average Bonchev–Trinajstić information content (AvgIpc) is 3.04. The number of nitrogens with two attached hydrogens (primary N) is 1. The summed E-state index contributed by atoms with van der Waals surface area (Å²) < 4.78 is 2.60. The topological polar surface area (TPSA) is 72.0 Å². The summed E-state index contributed by atoms with van der Waals surface area (Å²) in [6.07, 6.45) is 4.80. The Morgan fingerprint density at radius 1 is 1.40 bits per heavy atom. The zero-order valence-electron chi connectivity index (χ0n) is 12.6. The summed E-state index contributed by atoms with van der Waals surface area (Å²) in [5.41, 5.74) is 4.13. The van der Waals surface area contributed by atoms with Crippen molar-refractivity contribution >= 4 is 15.9 Å². The lowest BCUT2D eigenvalue weighted by atomic mass is 9.84. The van der Waals surface area contributed by atoms with Crippen molar-refractivity contribution in [3.8, 4) is 0 Å². The Labute approximate surface area is 129 Å². The molecule has 1 heterocycles. The van der Waals surface area contributed by atoms with Gasteiger partial charge in [0, 0.05) is 12.6 Å². The molecule has 1 fully saturated rings. The molecule has 1 aromatic heterocycles. The fourth-order valence-corrected chi connectivity index (χ4v) is 4.32. The lowest BCUT2D eigenvalue weighted by Crippen LogP contribution is -2.56. The van der Waals surface area contributed by atoms with E-state index in [1.54, 1.807) is 0 Å². The third kappa shape index (κ3) is 2.52. The van der Waals surface area contributed by atoms with Crippen LogP contribution < -0.4 is 11.3 Å². The van der Waals surface area contributed by atoms with Gasteiger partial charge in [-0.15, -0.1) is 5.10 Å². The monoisotopic (exact) mass is 344 g/mol. The van der Waals surface area contributed by atoms with Gasteiger partial charge in [0.05, 0.1) is 11.7 Å². The summed E-state index contributed by atoms with van der Waals surface area (Å²) in [6.45, 7) is 6.48. The van der Waals surface area contributed by atoms with Crippen molar-refractivity contribution in [2.45, 2.75) is 51.1 Å². The minimum atomic E-state index is 0.0271. The Balaban J connectivity index is 2.46. The molecule has 2 rings (SSSR count). The average molecular weight is 345 g/mol. The molecule has 6 nitrogen and oxygen atoms in total. The van der Waals surface area contributed by atoms with Gasteiger partial charge in [0.15, 0.2) is 4.60 Å². The quantitative estimate of drug-likeness (QED) is 0.607. The number of hydrogen-bond donors (Lipinski definition) is 2. The lowest BCUT2D eigenvalue weighted by molar-refractivity contribution is 0.0593. The fraction of sp³-hybridized carbons (Fsp3) is 0.846. The number of likely N-dealkylation sites (N-methyl/N-ethyl adjacent to an activating group) is 1. The smallest absolute Gasteiger partial charge is 0.153 e. The molecule has 7 heteroatoms. The zero-order valence-corrected chi connectivity index (χ0v) is 14.2. The molecule has 1 atom stereocenters. The number of hydrazine groups is 1. The van der Waals surface area contributed by atoms with Gasteiger partial charge in [-0.25, -0.2) is 10.1 Å². The van der Waals surface area contributed by atoms with Crippen LogP contribution in [0.3, 0.4) is 0 Å². The second kappa shape index (κ2) is 6.51. The summed E-state index contributed by atoms with van der Waals surface area (Å²) in [5, 5.41) is 8.22. The molecular weight excluding hydrogens is 320 g/mol. The van der Waals surface area contributed by atoms with Crippen LogP contribution in [0.5, 0.6) is 0 Å². The number of nitrogens with zero attached hydrogens (tertiary/aromatic N) is 4. The van der Waals surface area contributed by atoms with E-state index in [4.69, 9.17) is 5.84 Å². The molecule has 0 aliphatic heterocycles. The molecule has 0 radical (unpaired) electrons. The predicted molar refractivity (Wildman–Crippen MR) is 82.9 cm³/mol. The van der Waals surface area contributed by atoms with E-state index in [9.17, 15) is 0 Å². The van der Waals surface area contributed by atoms with E-state index in [-0.39, 0.29) is 11.6 Å². The third-order valence-electron chi connectivity index (χ3n) is 4.67. The van der Waals surface area contributed by atoms with E-state index in [0.29, 0.717) is 0 Å². The maximum Gasteiger partial charge on any atom is 0.153 e. The van der Waals surface area contributed by atoms with Gasteiger partial charge >= 0.3 is 0 Å². The molecule has 0 aromatic carbocycles. The van der Waals surface area contributed by atoms with Crippen LogP contribution >= 0.6 is 15.9 Å². The van der Waals surface area contributed by atoms with Crippen molar-refractivity contribution < 1.29 is 0 Å². The van der Waals surface area contributed by atoms with Crippen molar-refractivity contribution in [2.75, 3.05) is 13.1 Å². The molecule has 20 heavy (non-hydrogen) atoms. The first kappa shape index (κ1) is 15.9. The molecule has 0 amide bonds. The summed E-state index contributed by atoms with van der Waals surface area (Å²) in [5.74, 6) is 5.95. The van der Waals surface area contributed by atoms with Crippen molar-refractivity contribution in [3.63, 3.8) is 0 Å². The van der Waals surface area contributed by atoms with Crippen molar-refractivity contribution in [1.82, 2.24) is 25.3 Å². The highest BCUT2D eigenvalue weighted by Gasteiger charge is 2.47. The number of nitrogens with one attached hydrogen (secondary N) is 1. The van der Waals surface area contributed by atoms with E-state index in [1.807, 2.05) is 11.7 Å². The van der Waals surface area contributed by atoms with Crippen LogP contribution in [0.4, 0.5) is 0 Å². The van der Waals surface area contributed by atoms with Crippen molar-refractivity contribution in [1.29, 1.82) is 0 Å². The SMILES string of the molecule is CCN(CC)C1(C(NN)c2c(Br)nnn2C)CCCC1. The lowest BCUT2D eigenvalue weighted by Gasteiger charge is -2.45. The second-order valence-corrected chi connectivity index (χ2v) is 6.22. The fourth-order valence-electron chi connectivity index (χ4n) is 3.76. The van der Waals surface area contributed by atoms with Gasteiger partial charge in [-0.3, -0.25) is 10.7 Å². The van der Waals surface area contributed by atoms with Gasteiger partial charge < -0.3 is 0 Å². The predicted octanol–water partition coefficient (Wildman–Crippen LogP) is 1.74. The Kier molecular flexibility index (Phi) is 5.17. The van der Waals surface area contributed by atoms with Gasteiger partial charge in [-0.1, -0.05) is 31.9 Å². The first-order valence-corrected chi connectivity index (χ1v) is 8.16. The van der Waals surface area contributed by atoms with E-state index >= 15 is 0 Å². The highest BCUT2D eigenvalue weighted by atomic mass is 79.9. The molecule has 0 saturated heterocycles. The molecule has 1 unspecified atom stereocenters. The van der Waals surface area contributed by atoms with Crippen LogP contribution in [0, 0.1) is 0 Å². The first-order valence-electron chi connectivity index (χ1n) is 7.37. The maximum atomic E-state index is 5.95. The summed E-state index contributed by atoms with van der Waals surface area (Å²) in [6, 6.07) is 0.0271. The molecule has 1 aliphatic carbocycles. The molecule has 0 bridgehead atoms.